The third-order valence-corrected chi connectivity index (χ3v) is 3.03. The van der Waals surface area contributed by atoms with Crippen LogP contribution in [0, 0.1) is 0 Å². The van der Waals surface area contributed by atoms with Crippen LogP contribution in [0.4, 0.5) is 4.79 Å². The molecule has 0 heterocycles. The lowest BCUT2D eigenvalue weighted by Gasteiger charge is -2.23. The Kier molecular flexibility index (Phi) is 5.12. The van der Waals surface area contributed by atoms with Crippen LogP contribution < -0.4 is 11.1 Å². The van der Waals surface area contributed by atoms with Crippen molar-refractivity contribution in [2.24, 2.45) is 5.73 Å². The van der Waals surface area contributed by atoms with Crippen molar-refractivity contribution in [3.8, 4) is 0 Å². The molecule has 0 aliphatic carbocycles. The molecule has 0 radical (unpaired) electrons. The average Bonchev–Trinajstić information content (AvgIpc) is 2.30. The van der Waals surface area contributed by atoms with E-state index in [2.05, 4.69) is 0 Å². The zero-order chi connectivity index (χ0) is 13.7. The summed E-state index contributed by atoms with van der Waals surface area (Å²) in [4.78, 5) is 24.0. The number of hydrogen-bond donors (Lipinski definition) is 2. The summed E-state index contributed by atoms with van der Waals surface area (Å²) in [6, 6.07) is 6.07. The van der Waals surface area contributed by atoms with Gasteiger partial charge in [-0.1, -0.05) is 29.8 Å². The summed E-state index contributed by atoms with van der Waals surface area (Å²) in [5, 5.41) is 2.69. The summed E-state index contributed by atoms with van der Waals surface area (Å²) in [7, 11) is 1.77. The number of rotatable bonds is 4. The molecular weight excluding hydrogens is 254 g/mol. The Bertz CT molecular complexity index is 451. The average molecular weight is 270 g/mol. The summed E-state index contributed by atoms with van der Waals surface area (Å²) in [5.74, 6) is -0.433. The summed E-state index contributed by atoms with van der Waals surface area (Å²) < 4.78 is 0. The van der Waals surface area contributed by atoms with Crippen LogP contribution in [0.2, 0.25) is 5.02 Å². The van der Waals surface area contributed by atoms with Crippen molar-refractivity contribution >= 4 is 23.5 Å². The van der Waals surface area contributed by atoms with E-state index < -0.39 is 18.0 Å². The lowest BCUT2D eigenvalue weighted by molar-refractivity contribution is -0.124. The van der Waals surface area contributed by atoms with Gasteiger partial charge in [0.1, 0.15) is 0 Å². The van der Waals surface area contributed by atoms with Crippen LogP contribution in [-0.2, 0) is 11.3 Å². The molecule has 0 spiro atoms. The van der Waals surface area contributed by atoms with Crippen LogP contribution in [0.25, 0.3) is 0 Å². The number of likely N-dealkylation sites (N-methyl/N-ethyl adjacent to an activating group) is 1. The van der Waals surface area contributed by atoms with Gasteiger partial charge >= 0.3 is 6.03 Å². The minimum absolute atomic E-state index is 0.433. The Morgan fingerprint density at radius 2 is 2.06 bits per heavy atom. The number of imide groups is 1. The highest BCUT2D eigenvalue weighted by Gasteiger charge is 2.19. The first-order valence-corrected chi connectivity index (χ1v) is 5.83. The normalized spacial score (nSPS) is 12.2. The molecule has 0 fully saturated rings. The monoisotopic (exact) mass is 269 g/mol. The second kappa shape index (κ2) is 6.37. The van der Waals surface area contributed by atoms with Crippen molar-refractivity contribution in [1.29, 1.82) is 0 Å². The molecule has 0 saturated heterocycles. The maximum atomic E-state index is 11.6. The number of amides is 3. The van der Waals surface area contributed by atoms with E-state index in [1.807, 2.05) is 23.5 Å². The van der Waals surface area contributed by atoms with Crippen molar-refractivity contribution < 1.29 is 9.59 Å². The molecule has 0 aliphatic heterocycles. The van der Waals surface area contributed by atoms with Crippen LogP contribution in [-0.4, -0.2) is 29.9 Å². The highest BCUT2D eigenvalue weighted by Crippen LogP contribution is 2.17. The van der Waals surface area contributed by atoms with Gasteiger partial charge < -0.3 is 5.73 Å². The summed E-state index contributed by atoms with van der Waals surface area (Å²) in [6.07, 6.45) is 0. The molecule has 0 bridgehead atoms. The first-order chi connectivity index (χ1) is 8.41. The molecule has 3 N–H and O–H groups in total. The standard InChI is InChI=1S/C12H16ClN3O2/c1-8(11(17)15-12(14)18)16(2)7-9-5-3-4-6-10(9)13/h3-6,8H,7H2,1-2H3,(H3,14,15,17,18)/t8-/m0/s1. The molecule has 6 heteroatoms. The Labute approximate surface area is 111 Å². The second-order valence-corrected chi connectivity index (χ2v) is 4.44. The van der Waals surface area contributed by atoms with Crippen LogP contribution >= 0.6 is 11.6 Å². The SMILES string of the molecule is C[C@@H](C(=O)NC(N)=O)N(C)Cc1ccccc1Cl. The Morgan fingerprint density at radius 3 is 2.61 bits per heavy atom. The van der Waals surface area contributed by atoms with Gasteiger partial charge in [0.25, 0.3) is 0 Å². The fraction of sp³-hybridized carbons (Fsp3) is 0.333. The van der Waals surface area contributed by atoms with Crippen LogP contribution in [0.1, 0.15) is 12.5 Å². The number of benzene rings is 1. The molecule has 0 aromatic heterocycles. The topological polar surface area (TPSA) is 75.4 Å². The highest BCUT2D eigenvalue weighted by molar-refractivity contribution is 6.31. The number of urea groups is 1. The van der Waals surface area contributed by atoms with E-state index in [1.54, 1.807) is 24.9 Å². The van der Waals surface area contributed by atoms with E-state index in [4.69, 9.17) is 17.3 Å². The molecule has 1 atom stereocenters. The largest absolute Gasteiger partial charge is 0.351 e. The van der Waals surface area contributed by atoms with Crippen LogP contribution in [0.3, 0.4) is 0 Å². The van der Waals surface area contributed by atoms with Crippen LogP contribution in [0.15, 0.2) is 24.3 Å². The van der Waals surface area contributed by atoms with Crippen molar-refractivity contribution in [2.45, 2.75) is 19.5 Å². The van der Waals surface area contributed by atoms with Crippen molar-refractivity contribution in [2.75, 3.05) is 7.05 Å². The number of hydrogen-bond acceptors (Lipinski definition) is 3. The maximum absolute atomic E-state index is 11.6. The van der Waals surface area contributed by atoms with Crippen molar-refractivity contribution in [3.05, 3.63) is 34.9 Å². The molecule has 0 unspecified atom stereocenters. The van der Waals surface area contributed by atoms with Gasteiger partial charge in [-0.2, -0.15) is 0 Å². The Morgan fingerprint density at radius 1 is 1.44 bits per heavy atom. The van der Waals surface area contributed by atoms with Gasteiger partial charge in [-0.15, -0.1) is 0 Å². The smallest absolute Gasteiger partial charge is 0.318 e. The fourth-order valence-electron chi connectivity index (χ4n) is 1.46. The molecule has 1 aromatic carbocycles. The summed E-state index contributed by atoms with van der Waals surface area (Å²) >= 11 is 6.04. The van der Waals surface area contributed by atoms with E-state index in [0.717, 1.165) is 5.56 Å². The van der Waals surface area contributed by atoms with Gasteiger partial charge in [0.15, 0.2) is 0 Å². The first kappa shape index (κ1) is 14.5. The minimum Gasteiger partial charge on any atom is -0.351 e. The third kappa shape index (κ3) is 4.01. The van der Waals surface area contributed by atoms with Gasteiger partial charge in [-0.3, -0.25) is 15.0 Å². The molecule has 1 aromatic rings. The molecule has 18 heavy (non-hydrogen) atoms. The number of nitrogens with two attached hydrogens (primary N) is 1. The fourth-order valence-corrected chi connectivity index (χ4v) is 1.65. The van der Waals surface area contributed by atoms with E-state index in [-0.39, 0.29) is 0 Å². The number of halogens is 1. The number of primary amides is 1. The van der Waals surface area contributed by atoms with Gasteiger partial charge in [-0.25, -0.2) is 4.79 Å². The quantitative estimate of drug-likeness (QED) is 0.866. The molecule has 5 nitrogen and oxygen atoms in total. The molecule has 0 saturated carbocycles. The lowest BCUT2D eigenvalue weighted by atomic mass is 10.2. The van der Waals surface area contributed by atoms with Gasteiger partial charge in [0, 0.05) is 11.6 Å². The van der Waals surface area contributed by atoms with E-state index in [0.29, 0.717) is 11.6 Å². The molecule has 1 rings (SSSR count). The lowest BCUT2D eigenvalue weighted by Crippen LogP contribution is -2.46. The molecule has 3 amide bonds. The van der Waals surface area contributed by atoms with Crippen molar-refractivity contribution in [1.82, 2.24) is 10.2 Å². The minimum atomic E-state index is -0.849. The molecule has 98 valence electrons. The predicted octanol–water partition coefficient (Wildman–Crippen LogP) is 1.36. The second-order valence-electron chi connectivity index (χ2n) is 4.04. The Hall–Kier alpha value is -1.59. The Balaban J connectivity index is 2.65. The van der Waals surface area contributed by atoms with Crippen molar-refractivity contribution in [3.63, 3.8) is 0 Å². The van der Waals surface area contributed by atoms with Gasteiger partial charge in [0.2, 0.25) is 5.91 Å². The number of nitrogens with one attached hydrogen (secondary N) is 1. The first-order valence-electron chi connectivity index (χ1n) is 5.45. The number of carbonyl (C=O) groups excluding carboxylic acids is 2. The maximum Gasteiger partial charge on any atom is 0.318 e. The van der Waals surface area contributed by atoms with Crippen LogP contribution in [0.5, 0.6) is 0 Å². The molecule has 0 aliphatic rings. The number of nitrogens with zero attached hydrogens (tertiary/aromatic N) is 1. The molecular formula is C12H16ClN3O2. The third-order valence-electron chi connectivity index (χ3n) is 2.66. The number of carbonyl (C=O) groups is 2. The zero-order valence-corrected chi connectivity index (χ0v) is 11.1. The van der Waals surface area contributed by atoms with E-state index in [1.165, 1.54) is 0 Å². The van der Waals surface area contributed by atoms with E-state index in [9.17, 15) is 9.59 Å². The summed E-state index contributed by atoms with van der Waals surface area (Å²) in [6.45, 7) is 2.20. The zero-order valence-electron chi connectivity index (χ0n) is 10.3. The highest BCUT2D eigenvalue weighted by atomic mass is 35.5. The van der Waals surface area contributed by atoms with Gasteiger partial charge in [0.05, 0.1) is 6.04 Å². The van der Waals surface area contributed by atoms with E-state index >= 15 is 0 Å². The predicted molar refractivity (Wildman–Crippen MR) is 70.1 cm³/mol. The van der Waals surface area contributed by atoms with Gasteiger partial charge in [-0.05, 0) is 25.6 Å². The summed E-state index contributed by atoms with van der Waals surface area (Å²) in [5.41, 5.74) is 5.81.